The Kier molecular flexibility index (Phi) is 9.83. The minimum Gasteiger partial charge on any atom is -0.0838 e. The van der Waals surface area contributed by atoms with Crippen LogP contribution >= 0.6 is 11.6 Å². The maximum absolute atomic E-state index is 7.64. The third-order valence-corrected chi connectivity index (χ3v) is 35.6. The van der Waals surface area contributed by atoms with Crippen LogP contribution in [0.2, 0.25) is 123 Å². The first-order chi connectivity index (χ1) is 14.6. The Labute approximate surface area is 226 Å². The molecule has 0 bridgehead atoms. The number of hydrogen-bond acceptors (Lipinski definition) is 0. The molecule has 1 rings (SSSR count). The predicted molar refractivity (Wildman–Crippen MR) is 180 cm³/mol. The van der Waals surface area contributed by atoms with Crippen LogP contribution < -0.4 is 0 Å². The van der Waals surface area contributed by atoms with Gasteiger partial charge in [-0.3, -0.25) is 0 Å². The molecule has 0 N–H and O–H groups in total. The van der Waals surface area contributed by atoms with Crippen molar-refractivity contribution >= 4 is 60.0 Å². The molecule has 0 spiro atoms. The average Bonchev–Trinajstić information content (AvgIpc) is 2.42. The second-order valence-electron chi connectivity index (χ2n) is 17.5. The van der Waals surface area contributed by atoms with Crippen LogP contribution in [0.3, 0.4) is 0 Å². The van der Waals surface area contributed by atoms with Gasteiger partial charge in [0, 0.05) is 53.5 Å². The van der Waals surface area contributed by atoms with Crippen molar-refractivity contribution in [2.75, 3.05) is 0 Å². The topological polar surface area (TPSA) is 0 Å². The minimum absolute atomic E-state index is 0.680. The van der Waals surface area contributed by atoms with Gasteiger partial charge in [-0.05, 0) is 32.2 Å². The highest BCUT2D eigenvalue weighted by Crippen LogP contribution is 2.48. The highest BCUT2D eigenvalue weighted by molar-refractivity contribution is 6.98. The van der Waals surface area contributed by atoms with Gasteiger partial charge >= 0.3 is 0 Å². The summed E-state index contributed by atoms with van der Waals surface area (Å²) in [6, 6.07) is 5.33. The van der Waals surface area contributed by atoms with Crippen molar-refractivity contribution < 1.29 is 0 Å². The Morgan fingerprint density at radius 1 is 0.412 bits per heavy atom. The molecule has 198 valence electrons. The second kappa shape index (κ2) is 10.2. The van der Waals surface area contributed by atoms with Crippen molar-refractivity contribution in [3.05, 3.63) is 33.8 Å². The van der Waals surface area contributed by atoms with Crippen molar-refractivity contribution in [3.63, 3.8) is 0 Å². The molecule has 34 heavy (non-hydrogen) atoms. The highest BCUT2D eigenvalue weighted by atomic mass is 35.5. The van der Waals surface area contributed by atoms with Gasteiger partial charge in [0.2, 0.25) is 0 Å². The smallest absolute Gasteiger partial charge is 0.0494 e. The van der Waals surface area contributed by atoms with Crippen molar-refractivity contribution in [1.82, 2.24) is 0 Å². The minimum atomic E-state index is -1.47. The van der Waals surface area contributed by atoms with Gasteiger partial charge in [0.1, 0.15) is 0 Å². The van der Waals surface area contributed by atoms with Gasteiger partial charge in [-0.25, -0.2) is 0 Å². The fraction of sp³-hybridized carbons (Fsp3) is 0.778. The molecule has 0 fully saturated rings. The largest absolute Gasteiger partial charge is 0.0838 e. The van der Waals surface area contributed by atoms with E-state index in [-0.39, 0.29) is 0 Å². The Bertz CT molecular complexity index is 757. The van der Waals surface area contributed by atoms with E-state index in [2.05, 4.69) is 130 Å². The normalized spacial score (nSPS) is 15.1. The lowest BCUT2D eigenvalue weighted by molar-refractivity contribution is 1.08. The molecule has 0 amide bonds. The Morgan fingerprint density at radius 3 is 0.794 bits per heavy atom. The van der Waals surface area contributed by atoms with E-state index in [0.717, 1.165) is 5.16 Å². The summed E-state index contributed by atoms with van der Waals surface area (Å²) in [7, 11) is -8.71. The number of halogens is 1. The predicted octanol–water partition coefficient (Wildman–Crippen LogP) is 10.9. The fourth-order valence-corrected chi connectivity index (χ4v) is 46.9. The van der Waals surface area contributed by atoms with Gasteiger partial charge in [0.15, 0.2) is 0 Å². The van der Waals surface area contributed by atoms with E-state index < -0.39 is 48.4 Å². The maximum atomic E-state index is 7.64. The van der Waals surface area contributed by atoms with Gasteiger partial charge in [-0.2, -0.15) is 0 Å². The molecule has 0 atom stereocenters. The van der Waals surface area contributed by atoms with Crippen LogP contribution in [0.15, 0.2) is 12.1 Å². The summed E-state index contributed by atoms with van der Waals surface area (Å²) in [5.41, 5.74) is 4.77. The summed E-state index contributed by atoms with van der Waals surface area (Å²) in [5.74, 6) is 0. The summed E-state index contributed by atoms with van der Waals surface area (Å²) < 4.78 is 0. The van der Waals surface area contributed by atoms with Crippen molar-refractivity contribution in [1.29, 1.82) is 0 Å². The van der Waals surface area contributed by atoms with E-state index in [1.165, 1.54) is 5.02 Å². The molecule has 0 aromatic heterocycles. The average molecular weight is 588 g/mol. The lowest BCUT2D eigenvalue weighted by Crippen LogP contribution is -2.49. The van der Waals surface area contributed by atoms with Gasteiger partial charge in [0.05, 0.1) is 0 Å². The summed E-state index contributed by atoms with van der Waals surface area (Å²) in [4.78, 5) is 0. The summed E-state index contributed by atoms with van der Waals surface area (Å²) in [6.45, 7) is 46.6. The van der Waals surface area contributed by atoms with Crippen LogP contribution in [0.25, 0.3) is 0 Å². The Hall–Kier alpha value is 0.811. The molecule has 0 aliphatic heterocycles. The monoisotopic (exact) mass is 586 g/mol. The van der Waals surface area contributed by atoms with E-state index in [1.807, 2.05) is 0 Å². The molecule has 0 saturated heterocycles. The highest BCUT2D eigenvalue weighted by Gasteiger charge is 2.46. The van der Waals surface area contributed by atoms with Gasteiger partial charge < -0.3 is 0 Å². The van der Waals surface area contributed by atoms with Crippen molar-refractivity contribution in [2.45, 2.75) is 133 Å². The zero-order chi connectivity index (χ0) is 27.5. The molecule has 0 nitrogen and oxygen atoms in total. The third-order valence-electron chi connectivity index (χ3n) is 7.30. The van der Waals surface area contributed by atoms with Gasteiger partial charge in [-0.15, -0.1) is 0 Å². The summed E-state index contributed by atoms with van der Waals surface area (Å²) in [6.07, 6.45) is 0. The molecule has 1 aromatic rings. The summed E-state index contributed by atoms with van der Waals surface area (Å²) >= 11 is 7.64. The van der Waals surface area contributed by atoms with Crippen LogP contribution in [0.4, 0.5) is 0 Å². The first kappa shape index (κ1) is 32.8. The molecule has 0 radical (unpaired) electrons. The third kappa shape index (κ3) is 7.90. The molecule has 0 aliphatic rings. The summed E-state index contributed by atoms with van der Waals surface area (Å²) in [5, 5.41) is 3.28. The SMILES string of the molecule is C[Si](C)(C)C(c1cc(C([Si](C)(C)C)[Si](C)(C)C)c(Cl)c(C([Si](C)(C)C)[Si](C)(C)C)c1)[Si](C)(C)C. The number of benzene rings is 1. The number of rotatable bonds is 9. The van der Waals surface area contributed by atoms with E-state index in [9.17, 15) is 0 Å². The zero-order valence-electron chi connectivity index (χ0n) is 26.3. The Morgan fingerprint density at radius 2 is 0.618 bits per heavy atom. The molecule has 1 aromatic carbocycles. The molecule has 0 saturated carbocycles. The van der Waals surface area contributed by atoms with E-state index in [0.29, 0.717) is 10.3 Å². The number of hydrogen-bond donors (Lipinski definition) is 0. The standard InChI is InChI=1S/C27H59ClSi6/c1-29(2,3)25(30(4,5)6)21-19-22(26(31(7,8)9)32(10,11)12)24(28)23(20-21)27(33(13,14)15)34(16,17)18/h19-20,25-27H,1-18H3. The molecular formula is C27H59ClSi6. The van der Waals surface area contributed by atoms with E-state index in [4.69, 9.17) is 11.6 Å². The molecule has 0 aliphatic carbocycles. The van der Waals surface area contributed by atoms with Gasteiger partial charge in [0.25, 0.3) is 0 Å². The lowest BCUT2D eigenvalue weighted by Gasteiger charge is -2.45. The van der Waals surface area contributed by atoms with Gasteiger partial charge in [-0.1, -0.05) is 142 Å². The Balaban J connectivity index is 4.31. The van der Waals surface area contributed by atoms with Crippen molar-refractivity contribution in [2.24, 2.45) is 0 Å². The molecule has 7 heteroatoms. The van der Waals surface area contributed by atoms with E-state index in [1.54, 1.807) is 16.7 Å². The lowest BCUT2D eigenvalue weighted by atomic mass is 10.1. The molecule has 0 heterocycles. The van der Waals surface area contributed by atoms with Crippen LogP contribution in [0.1, 0.15) is 32.2 Å². The van der Waals surface area contributed by atoms with Crippen LogP contribution in [-0.4, -0.2) is 48.4 Å². The quantitative estimate of drug-likeness (QED) is 0.252. The first-order valence-corrected chi connectivity index (χ1v) is 35.3. The van der Waals surface area contributed by atoms with Crippen molar-refractivity contribution in [3.8, 4) is 0 Å². The fourth-order valence-electron chi connectivity index (χ4n) is 8.04. The zero-order valence-corrected chi connectivity index (χ0v) is 33.0. The van der Waals surface area contributed by atoms with Crippen LogP contribution in [-0.2, 0) is 0 Å². The molecule has 0 unspecified atom stereocenters. The van der Waals surface area contributed by atoms with Crippen LogP contribution in [0, 0.1) is 0 Å². The second-order valence-corrected chi connectivity index (χ2v) is 51.5. The van der Waals surface area contributed by atoms with E-state index >= 15 is 0 Å². The molecular weight excluding hydrogens is 528 g/mol. The van der Waals surface area contributed by atoms with Crippen LogP contribution in [0.5, 0.6) is 0 Å². The maximum Gasteiger partial charge on any atom is 0.0494 e. The first-order valence-electron chi connectivity index (χ1n) is 13.4.